The average Bonchev–Trinajstić information content (AvgIpc) is 3.23. The fourth-order valence-electron chi connectivity index (χ4n) is 1.80. The maximum atomic E-state index is 8.77. The molecule has 0 atom stereocenters. The predicted octanol–water partition coefficient (Wildman–Crippen LogP) is 0.790. The first-order valence-electron chi connectivity index (χ1n) is 6.12. The van der Waals surface area contributed by atoms with Crippen LogP contribution in [0.1, 0.15) is 30.1 Å². The number of amidine groups is 1. The van der Waals surface area contributed by atoms with E-state index in [1.807, 2.05) is 16.8 Å². The molecule has 0 aliphatic heterocycles. The highest BCUT2D eigenvalue weighted by Gasteiger charge is 2.27. The summed E-state index contributed by atoms with van der Waals surface area (Å²) >= 11 is 1.51. The summed E-state index contributed by atoms with van der Waals surface area (Å²) < 4.78 is 1.85. The number of oxime groups is 1. The van der Waals surface area contributed by atoms with Gasteiger partial charge in [-0.15, -0.1) is 5.10 Å². The van der Waals surface area contributed by atoms with Crippen molar-refractivity contribution in [2.75, 3.05) is 0 Å². The number of hydrogen-bond donors (Lipinski definition) is 2. The van der Waals surface area contributed by atoms with Crippen molar-refractivity contribution in [3.8, 4) is 0 Å². The lowest BCUT2D eigenvalue weighted by atomic mass is 10.2. The molecule has 0 amide bonds. The first kappa shape index (κ1) is 12.9. The van der Waals surface area contributed by atoms with Gasteiger partial charge in [-0.3, -0.25) is 4.98 Å². The fraction of sp³-hybridized carbons (Fsp3) is 0.364. The van der Waals surface area contributed by atoms with Crippen molar-refractivity contribution in [1.82, 2.24) is 25.2 Å². The van der Waals surface area contributed by atoms with E-state index in [9.17, 15) is 0 Å². The molecule has 0 unspecified atom stereocenters. The monoisotopic (exact) mass is 291 g/mol. The van der Waals surface area contributed by atoms with Crippen LogP contribution in [0.5, 0.6) is 0 Å². The van der Waals surface area contributed by atoms with Gasteiger partial charge in [0.15, 0.2) is 5.84 Å². The minimum atomic E-state index is 0.00276. The molecule has 20 heavy (non-hydrogen) atoms. The van der Waals surface area contributed by atoms with Crippen molar-refractivity contribution >= 4 is 17.6 Å². The van der Waals surface area contributed by atoms with Crippen molar-refractivity contribution in [2.24, 2.45) is 10.9 Å². The molecule has 0 saturated heterocycles. The third-order valence-electron chi connectivity index (χ3n) is 2.95. The van der Waals surface area contributed by atoms with E-state index in [1.54, 1.807) is 6.20 Å². The number of thioether (sulfide) groups is 1. The highest BCUT2D eigenvalue weighted by atomic mass is 32.2. The average molecular weight is 291 g/mol. The molecule has 1 fully saturated rings. The lowest BCUT2D eigenvalue weighted by molar-refractivity contribution is 0.318. The van der Waals surface area contributed by atoms with Gasteiger partial charge < -0.3 is 10.9 Å². The molecule has 1 aliphatic carbocycles. The second kappa shape index (κ2) is 5.45. The van der Waals surface area contributed by atoms with Crippen molar-refractivity contribution in [3.05, 3.63) is 29.6 Å². The van der Waals surface area contributed by atoms with Crippen LogP contribution >= 0.6 is 11.8 Å². The number of aromatic nitrogens is 5. The zero-order valence-corrected chi connectivity index (χ0v) is 11.4. The Hall–Kier alpha value is -2.16. The molecular formula is C11H13N7OS. The molecule has 0 spiro atoms. The van der Waals surface area contributed by atoms with Crippen LogP contribution in [0.2, 0.25) is 0 Å². The molecule has 9 heteroatoms. The van der Waals surface area contributed by atoms with Crippen molar-refractivity contribution in [3.63, 3.8) is 0 Å². The van der Waals surface area contributed by atoms with E-state index in [1.165, 1.54) is 11.8 Å². The summed E-state index contributed by atoms with van der Waals surface area (Å²) in [6.07, 6.45) is 3.86. The second-order valence-electron chi connectivity index (χ2n) is 4.42. The van der Waals surface area contributed by atoms with Crippen LogP contribution in [0.25, 0.3) is 0 Å². The molecule has 3 N–H and O–H groups in total. The van der Waals surface area contributed by atoms with E-state index in [2.05, 4.69) is 25.7 Å². The van der Waals surface area contributed by atoms with Gasteiger partial charge in [-0.1, -0.05) is 23.0 Å². The highest BCUT2D eigenvalue weighted by Crippen LogP contribution is 2.36. The van der Waals surface area contributed by atoms with Gasteiger partial charge in [0.1, 0.15) is 5.69 Å². The van der Waals surface area contributed by atoms with Crippen LogP contribution in [0.4, 0.5) is 0 Å². The SMILES string of the molecule is NC(=NO)c1ncccc1CSc1nnnn1C1CC1. The normalized spacial score (nSPS) is 15.5. The largest absolute Gasteiger partial charge is 0.409 e. The Morgan fingerprint density at radius 1 is 1.55 bits per heavy atom. The summed E-state index contributed by atoms with van der Waals surface area (Å²) in [5.74, 6) is 0.606. The van der Waals surface area contributed by atoms with Crippen LogP contribution in [-0.4, -0.2) is 36.2 Å². The molecule has 1 saturated carbocycles. The molecule has 0 aromatic carbocycles. The molecule has 1 aliphatic rings. The number of tetrazole rings is 1. The molecule has 2 aromatic heterocycles. The van der Waals surface area contributed by atoms with Crippen LogP contribution in [0.15, 0.2) is 28.6 Å². The Morgan fingerprint density at radius 2 is 2.40 bits per heavy atom. The summed E-state index contributed by atoms with van der Waals surface area (Å²) in [7, 11) is 0. The highest BCUT2D eigenvalue weighted by molar-refractivity contribution is 7.98. The molecule has 0 radical (unpaired) electrons. The van der Waals surface area contributed by atoms with Crippen LogP contribution in [0, 0.1) is 0 Å². The maximum absolute atomic E-state index is 8.77. The molecule has 8 nitrogen and oxygen atoms in total. The second-order valence-corrected chi connectivity index (χ2v) is 5.36. The number of rotatable bonds is 5. The predicted molar refractivity (Wildman–Crippen MR) is 72.4 cm³/mol. The number of nitrogens with two attached hydrogens (primary N) is 1. The quantitative estimate of drug-likeness (QED) is 0.275. The van der Waals surface area contributed by atoms with Gasteiger partial charge in [-0.05, 0) is 34.9 Å². The van der Waals surface area contributed by atoms with E-state index < -0.39 is 0 Å². The van der Waals surface area contributed by atoms with Gasteiger partial charge in [-0.25, -0.2) is 4.68 Å². The Morgan fingerprint density at radius 3 is 3.15 bits per heavy atom. The Balaban J connectivity index is 1.76. The molecule has 104 valence electrons. The van der Waals surface area contributed by atoms with Gasteiger partial charge in [0, 0.05) is 11.9 Å². The molecular weight excluding hydrogens is 278 g/mol. The van der Waals surface area contributed by atoms with Crippen LogP contribution < -0.4 is 5.73 Å². The minimum Gasteiger partial charge on any atom is -0.409 e. The topological polar surface area (TPSA) is 115 Å². The summed E-state index contributed by atoms with van der Waals surface area (Å²) in [6.45, 7) is 0. The van der Waals surface area contributed by atoms with Gasteiger partial charge in [0.05, 0.1) is 6.04 Å². The Kier molecular flexibility index (Phi) is 3.50. The van der Waals surface area contributed by atoms with E-state index in [4.69, 9.17) is 10.9 Å². The Bertz CT molecular complexity index is 637. The third-order valence-corrected chi connectivity index (χ3v) is 3.94. The van der Waals surface area contributed by atoms with Gasteiger partial charge >= 0.3 is 0 Å². The summed E-state index contributed by atoms with van der Waals surface area (Å²) in [5, 5.41) is 24.3. The van der Waals surface area contributed by atoms with Gasteiger partial charge in [0.2, 0.25) is 5.16 Å². The van der Waals surface area contributed by atoms with Crippen LogP contribution in [-0.2, 0) is 5.75 Å². The number of hydrogen-bond acceptors (Lipinski definition) is 7. The number of nitrogens with zero attached hydrogens (tertiary/aromatic N) is 6. The maximum Gasteiger partial charge on any atom is 0.209 e. The van der Waals surface area contributed by atoms with E-state index in [0.717, 1.165) is 23.6 Å². The molecule has 0 bridgehead atoms. The zero-order chi connectivity index (χ0) is 13.9. The Labute approximate surface area is 119 Å². The standard InChI is InChI=1S/C11H13N7OS/c12-10(15-19)9-7(2-1-5-13-9)6-20-11-14-16-17-18(11)8-3-4-8/h1-2,5,8,19H,3-4,6H2,(H2,12,15). The first-order valence-corrected chi connectivity index (χ1v) is 7.10. The third kappa shape index (κ3) is 2.57. The van der Waals surface area contributed by atoms with E-state index >= 15 is 0 Å². The smallest absolute Gasteiger partial charge is 0.209 e. The fourth-order valence-corrected chi connectivity index (χ4v) is 2.73. The summed E-state index contributed by atoms with van der Waals surface area (Å²) in [6, 6.07) is 4.14. The number of pyridine rings is 1. The lowest BCUT2D eigenvalue weighted by Gasteiger charge is -2.06. The van der Waals surface area contributed by atoms with Crippen molar-refractivity contribution < 1.29 is 5.21 Å². The van der Waals surface area contributed by atoms with Crippen LogP contribution in [0.3, 0.4) is 0 Å². The zero-order valence-electron chi connectivity index (χ0n) is 10.5. The molecule has 2 heterocycles. The molecule has 2 aromatic rings. The minimum absolute atomic E-state index is 0.00276. The summed E-state index contributed by atoms with van der Waals surface area (Å²) in [5.41, 5.74) is 6.97. The van der Waals surface area contributed by atoms with E-state index in [0.29, 0.717) is 17.5 Å². The van der Waals surface area contributed by atoms with Gasteiger partial charge in [0.25, 0.3) is 0 Å². The summed E-state index contributed by atoms with van der Waals surface area (Å²) in [4.78, 5) is 4.13. The first-order chi connectivity index (χ1) is 9.79. The molecule has 3 rings (SSSR count). The van der Waals surface area contributed by atoms with Crippen molar-refractivity contribution in [2.45, 2.75) is 29.8 Å². The van der Waals surface area contributed by atoms with E-state index in [-0.39, 0.29) is 5.84 Å². The van der Waals surface area contributed by atoms with Gasteiger partial charge in [-0.2, -0.15) is 0 Å². The lowest BCUT2D eigenvalue weighted by Crippen LogP contribution is -2.17. The van der Waals surface area contributed by atoms with Crippen molar-refractivity contribution in [1.29, 1.82) is 0 Å².